The van der Waals surface area contributed by atoms with Crippen LogP contribution in [0.2, 0.25) is 0 Å². The second kappa shape index (κ2) is 6.66. The van der Waals surface area contributed by atoms with Crippen molar-refractivity contribution in [1.29, 1.82) is 0 Å². The van der Waals surface area contributed by atoms with Gasteiger partial charge in [0.1, 0.15) is 0 Å². The summed E-state index contributed by atoms with van der Waals surface area (Å²) in [6.07, 6.45) is 0. The van der Waals surface area contributed by atoms with E-state index in [2.05, 4.69) is 27.6 Å². The molecule has 116 valence electrons. The molecule has 0 fully saturated rings. The first-order valence-corrected chi connectivity index (χ1v) is 6.55. The molecule has 0 aliphatic rings. The standard InChI is InChI=1S/C15H18N4O3/c1-9-7-12(18-16-9)15(20)19-17-10(2)11-5-6-13(21-3)14(8-11)22-4/h5-8,17H,2H2,1,3-4H3,(H,16,18)(H,19,20). The molecule has 3 N–H and O–H groups in total. The fraction of sp³-hybridized carbons (Fsp3) is 0.200. The first kappa shape index (κ1) is 15.4. The number of hydrogen-bond donors (Lipinski definition) is 3. The van der Waals surface area contributed by atoms with Crippen LogP contribution in [0.3, 0.4) is 0 Å². The predicted molar refractivity (Wildman–Crippen MR) is 82.5 cm³/mol. The maximum Gasteiger partial charge on any atom is 0.290 e. The van der Waals surface area contributed by atoms with Crippen LogP contribution in [0.1, 0.15) is 21.7 Å². The average molecular weight is 302 g/mol. The molecule has 0 spiro atoms. The van der Waals surface area contributed by atoms with Gasteiger partial charge in [-0.2, -0.15) is 5.10 Å². The number of rotatable bonds is 6. The van der Waals surface area contributed by atoms with Gasteiger partial charge in [0.15, 0.2) is 17.2 Å². The highest BCUT2D eigenvalue weighted by Gasteiger charge is 2.10. The molecule has 22 heavy (non-hydrogen) atoms. The van der Waals surface area contributed by atoms with Crippen molar-refractivity contribution in [3.05, 3.63) is 47.8 Å². The van der Waals surface area contributed by atoms with E-state index in [0.717, 1.165) is 11.3 Å². The number of aryl methyl sites for hydroxylation is 1. The summed E-state index contributed by atoms with van der Waals surface area (Å²) in [6, 6.07) is 6.98. The SMILES string of the molecule is C=C(NNC(=O)c1cc(C)[nH]n1)c1ccc(OC)c(OC)c1. The van der Waals surface area contributed by atoms with Crippen molar-refractivity contribution in [2.24, 2.45) is 0 Å². The van der Waals surface area contributed by atoms with Crippen LogP contribution in [-0.4, -0.2) is 30.3 Å². The number of aromatic nitrogens is 2. The number of ether oxygens (including phenoxy) is 2. The van der Waals surface area contributed by atoms with Crippen LogP contribution in [0, 0.1) is 6.92 Å². The Balaban J connectivity index is 2.02. The van der Waals surface area contributed by atoms with Crippen LogP contribution >= 0.6 is 0 Å². The highest BCUT2D eigenvalue weighted by molar-refractivity contribution is 5.92. The van der Waals surface area contributed by atoms with Gasteiger partial charge in [0.05, 0.1) is 19.9 Å². The summed E-state index contributed by atoms with van der Waals surface area (Å²) in [4.78, 5) is 11.9. The number of hydrogen-bond acceptors (Lipinski definition) is 5. The van der Waals surface area contributed by atoms with Crippen LogP contribution in [0.5, 0.6) is 11.5 Å². The molecule has 0 radical (unpaired) electrons. The lowest BCUT2D eigenvalue weighted by Crippen LogP contribution is -2.36. The molecule has 0 unspecified atom stereocenters. The van der Waals surface area contributed by atoms with E-state index < -0.39 is 0 Å². The summed E-state index contributed by atoms with van der Waals surface area (Å²) < 4.78 is 10.4. The number of nitrogens with one attached hydrogen (secondary N) is 3. The molecule has 0 aliphatic heterocycles. The first-order chi connectivity index (χ1) is 10.5. The zero-order valence-electron chi connectivity index (χ0n) is 12.7. The lowest BCUT2D eigenvalue weighted by atomic mass is 10.1. The van der Waals surface area contributed by atoms with Gasteiger partial charge in [-0.05, 0) is 31.2 Å². The van der Waals surface area contributed by atoms with E-state index in [0.29, 0.717) is 22.9 Å². The van der Waals surface area contributed by atoms with Crippen molar-refractivity contribution in [1.82, 2.24) is 21.0 Å². The van der Waals surface area contributed by atoms with E-state index in [9.17, 15) is 4.79 Å². The summed E-state index contributed by atoms with van der Waals surface area (Å²) in [5.41, 5.74) is 7.67. The molecule has 2 aromatic rings. The lowest BCUT2D eigenvalue weighted by Gasteiger charge is -2.13. The van der Waals surface area contributed by atoms with Crippen molar-refractivity contribution in [2.75, 3.05) is 14.2 Å². The Kier molecular flexibility index (Phi) is 4.67. The molecule has 1 aromatic heterocycles. The molecule has 1 amide bonds. The third-order valence-electron chi connectivity index (χ3n) is 3.00. The molecule has 2 rings (SSSR count). The summed E-state index contributed by atoms with van der Waals surface area (Å²) in [7, 11) is 3.12. The number of nitrogens with zero attached hydrogens (tertiary/aromatic N) is 1. The van der Waals surface area contributed by atoms with Crippen molar-refractivity contribution < 1.29 is 14.3 Å². The minimum Gasteiger partial charge on any atom is -0.493 e. The number of benzene rings is 1. The maximum absolute atomic E-state index is 11.9. The third-order valence-corrected chi connectivity index (χ3v) is 3.00. The Bertz CT molecular complexity index is 694. The Labute approximate surface area is 128 Å². The van der Waals surface area contributed by atoms with Crippen LogP contribution in [-0.2, 0) is 0 Å². The van der Waals surface area contributed by atoms with Crippen LogP contribution in [0.25, 0.3) is 5.70 Å². The van der Waals surface area contributed by atoms with Gasteiger partial charge in [-0.3, -0.25) is 20.7 Å². The van der Waals surface area contributed by atoms with Gasteiger partial charge in [0.25, 0.3) is 5.91 Å². The van der Waals surface area contributed by atoms with Crippen molar-refractivity contribution in [3.63, 3.8) is 0 Å². The van der Waals surface area contributed by atoms with Gasteiger partial charge >= 0.3 is 0 Å². The average Bonchev–Trinajstić information content (AvgIpc) is 2.98. The van der Waals surface area contributed by atoms with Gasteiger partial charge in [-0.15, -0.1) is 0 Å². The summed E-state index contributed by atoms with van der Waals surface area (Å²) in [5, 5.41) is 6.58. The molecule has 0 saturated carbocycles. The molecular weight excluding hydrogens is 284 g/mol. The van der Waals surface area contributed by atoms with Gasteiger partial charge in [-0.1, -0.05) is 6.58 Å². The quantitative estimate of drug-likeness (QED) is 0.706. The van der Waals surface area contributed by atoms with Crippen molar-refractivity contribution in [3.8, 4) is 11.5 Å². The minimum absolute atomic E-state index is 0.296. The van der Waals surface area contributed by atoms with E-state index in [1.54, 1.807) is 32.4 Å². The zero-order chi connectivity index (χ0) is 16.1. The molecule has 7 heteroatoms. The Morgan fingerprint density at radius 1 is 1.18 bits per heavy atom. The number of carbonyl (C=O) groups excluding carboxylic acids is 1. The highest BCUT2D eigenvalue weighted by Crippen LogP contribution is 2.29. The van der Waals surface area contributed by atoms with Crippen LogP contribution in [0.4, 0.5) is 0 Å². The molecule has 0 bridgehead atoms. The molecule has 1 aromatic carbocycles. The number of hydrazine groups is 1. The van der Waals surface area contributed by atoms with Crippen molar-refractivity contribution >= 4 is 11.6 Å². The Hall–Kier alpha value is -2.96. The first-order valence-electron chi connectivity index (χ1n) is 6.55. The van der Waals surface area contributed by atoms with E-state index >= 15 is 0 Å². The molecule has 0 aliphatic carbocycles. The largest absolute Gasteiger partial charge is 0.493 e. The van der Waals surface area contributed by atoms with Gasteiger partial charge < -0.3 is 9.47 Å². The third kappa shape index (κ3) is 3.38. The minimum atomic E-state index is -0.356. The fourth-order valence-corrected chi connectivity index (χ4v) is 1.83. The summed E-state index contributed by atoms with van der Waals surface area (Å²) in [5.74, 6) is 0.846. The monoisotopic (exact) mass is 302 g/mol. The summed E-state index contributed by atoms with van der Waals surface area (Å²) in [6.45, 7) is 5.70. The van der Waals surface area contributed by atoms with E-state index in [1.807, 2.05) is 13.0 Å². The van der Waals surface area contributed by atoms with E-state index in [1.165, 1.54) is 0 Å². The number of methoxy groups -OCH3 is 2. The smallest absolute Gasteiger partial charge is 0.290 e. The maximum atomic E-state index is 11.9. The molecule has 0 saturated heterocycles. The Morgan fingerprint density at radius 2 is 1.91 bits per heavy atom. The number of carbonyl (C=O) groups is 1. The molecule has 0 atom stereocenters. The molecule has 7 nitrogen and oxygen atoms in total. The highest BCUT2D eigenvalue weighted by atomic mass is 16.5. The number of amides is 1. The van der Waals surface area contributed by atoms with E-state index in [-0.39, 0.29) is 5.91 Å². The normalized spacial score (nSPS) is 9.95. The summed E-state index contributed by atoms with van der Waals surface area (Å²) >= 11 is 0. The molecular formula is C15H18N4O3. The van der Waals surface area contributed by atoms with Gasteiger partial charge in [0.2, 0.25) is 0 Å². The number of H-pyrrole nitrogens is 1. The fourth-order valence-electron chi connectivity index (χ4n) is 1.83. The van der Waals surface area contributed by atoms with Crippen LogP contribution in [0.15, 0.2) is 30.8 Å². The Morgan fingerprint density at radius 3 is 2.50 bits per heavy atom. The van der Waals surface area contributed by atoms with Gasteiger partial charge in [0, 0.05) is 11.3 Å². The zero-order valence-corrected chi connectivity index (χ0v) is 12.7. The van der Waals surface area contributed by atoms with Crippen LogP contribution < -0.4 is 20.3 Å². The molecule has 1 heterocycles. The predicted octanol–water partition coefficient (Wildman–Crippen LogP) is 1.64. The second-order valence-electron chi connectivity index (χ2n) is 4.56. The topological polar surface area (TPSA) is 88.3 Å². The number of aromatic amines is 1. The second-order valence-corrected chi connectivity index (χ2v) is 4.56. The van der Waals surface area contributed by atoms with E-state index in [4.69, 9.17) is 9.47 Å². The van der Waals surface area contributed by atoms with Crippen molar-refractivity contribution in [2.45, 2.75) is 6.92 Å². The van der Waals surface area contributed by atoms with Gasteiger partial charge in [-0.25, -0.2) is 0 Å². The lowest BCUT2D eigenvalue weighted by molar-refractivity contribution is 0.0937.